The monoisotopic (exact) mass is 468 g/mol. The van der Waals surface area contributed by atoms with Crippen LogP contribution in [-0.2, 0) is 19.3 Å². The second-order valence-electron chi connectivity index (χ2n) is 7.61. The highest BCUT2D eigenvalue weighted by Crippen LogP contribution is 2.36. The number of alkyl halides is 2. The van der Waals surface area contributed by atoms with Gasteiger partial charge in [0.05, 0.1) is 5.56 Å². The molecule has 176 valence electrons. The van der Waals surface area contributed by atoms with Gasteiger partial charge in [0.15, 0.2) is 17.4 Å². The molecule has 0 atom stereocenters. The van der Waals surface area contributed by atoms with Crippen LogP contribution in [0.5, 0.6) is 11.5 Å². The third kappa shape index (κ3) is 5.80. The second-order valence-corrected chi connectivity index (χ2v) is 7.61. The molecule has 0 unspecified atom stereocenters. The van der Waals surface area contributed by atoms with Crippen molar-refractivity contribution in [3.63, 3.8) is 0 Å². The fraction of sp³-hybridized carbons (Fsp3) is 0.280. The molecule has 0 saturated heterocycles. The van der Waals surface area contributed by atoms with Gasteiger partial charge in [-0.3, -0.25) is 0 Å². The first-order chi connectivity index (χ1) is 15.7. The fourth-order valence-electron chi connectivity index (χ4n) is 3.60. The Morgan fingerprint density at radius 3 is 2.03 bits per heavy atom. The van der Waals surface area contributed by atoms with Crippen LogP contribution in [0.2, 0.25) is 0 Å². The summed E-state index contributed by atoms with van der Waals surface area (Å²) in [7, 11) is 0. The van der Waals surface area contributed by atoms with Gasteiger partial charge in [-0.25, -0.2) is 17.6 Å². The average molecular weight is 468 g/mol. The van der Waals surface area contributed by atoms with Gasteiger partial charge in [0, 0.05) is 11.6 Å². The lowest BCUT2D eigenvalue weighted by atomic mass is 9.95. The van der Waals surface area contributed by atoms with E-state index in [1.807, 2.05) is 12.1 Å². The molecule has 0 fully saturated rings. The van der Waals surface area contributed by atoms with Crippen LogP contribution in [0.4, 0.5) is 26.3 Å². The maximum Gasteiger partial charge on any atom is 0.387 e. The lowest BCUT2D eigenvalue weighted by Gasteiger charge is -2.13. The smallest absolute Gasteiger partial charge is 0.387 e. The fourth-order valence-corrected chi connectivity index (χ4v) is 3.60. The number of halogens is 6. The molecule has 33 heavy (non-hydrogen) atoms. The molecule has 0 saturated carbocycles. The highest BCUT2D eigenvalue weighted by Gasteiger charge is 2.21. The third-order valence-corrected chi connectivity index (χ3v) is 5.28. The summed E-state index contributed by atoms with van der Waals surface area (Å²) >= 11 is 0. The summed E-state index contributed by atoms with van der Waals surface area (Å²) in [6.07, 6.45) is 2.41. The largest absolute Gasteiger partial charge is 0.507 e. The van der Waals surface area contributed by atoms with Crippen LogP contribution in [0, 0.1) is 23.3 Å². The number of unbranched alkanes of at least 4 members (excludes halogenated alkanes) is 1. The Balaban J connectivity index is 1.86. The molecule has 0 aliphatic heterocycles. The molecule has 0 aliphatic rings. The van der Waals surface area contributed by atoms with Crippen molar-refractivity contribution in [3.05, 3.63) is 82.4 Å². The molecular weight excluding hydrogens is 446 g/mol. The molecular formula is C25H22F6O2. The molecule has 2 nitrogen and oxygen atoms in total. The van der Waals surface area contributed by atoms with E-state index in [0.717, 1.165) is 43.0 Å². The lowest BCUT2D eigenvalue weighted by Crippen LogP contribution is -2.07. The first-order valence-electron chi connectivity index (χ1n) is 10.4. The van der Waals surface area contributed by atoms with Gasteiger partial charge in [-0.05, 0) is 54.5 Å². The van der Waals surface area contributed by atoms with E-state index in [-0.39, 0.29) is 29.5 Å². The highest BCUT2D eigenvalue weighted by atomic mass is 19.3. The Labute approximate surface area is 187 Å². The standard InChI is InChI=1S/C25H22F6O2/c1-2-3-4-14-5-8-16(9-6-14)22-21(32)13-18(26)17(23(22)29)10-7-15-11-19(27)24(20(28)12-15)33-25(30)31/h5-6,8-9,11-13,25,32H,2-4,7,10H2,1H3. The quantitative estimate of drug-likeness (QED) is 0.333. The van der Waals surface area contributed by atoms with Gasteiger partial charge in [-0.1, -0.05) is 37.6 Å². The first kappa shape index (κ1) is 24.5. The minimum Gasteiger partial charge on any atom is -0.507 e. The third-order valence-electron chi connectivity index (χ3n) is 5.28. The molecule has 0 bridgehead atoms. The number of phenolic OH excluding ortho intramolecular Hbond substituents is 1. The molecule has 0 spiro atoms. The summed E-state index contributed by atoms with van der Waals surface area (Å²) in [5.74, 6) is -6.47. The van der Waals surface area contributed by atoms with Crippen LogP contribution in [0.15, 0.2) is 42.5 Å². The number of ether oxygens (including phenoxy) is 1. The van der Waals surface area contributed by atoms with Crippen LogP contribution in [-0.4, -0.2) is 11.7 Å². The normalized spacial score (nSPS) is 11.3. The molecule has 3 aromatic rings. The predicted molar refractivity (Wildman–Crippen MR) is 112 cm³/mol. The number of aromatic hydroxyl groups is 1. The summed E-state index contributed by atoms with van der Waals surface area (Å²) in [5, 5.41) is 10.2. The number of benzene rings is 3. The van der Waals surface area contributed by atoms with Crippen molar-refractivity contribution in [1.29, 1.82) is 0 Å². The Kier molecular flexibility index (Phi) is 7.89. The number of rotatable bonds is 9. The molecule has 8 heteroatoms. The van der Waals surface area contributed by atoms with Crippen LogP contribution >= 0.6 is 0 Å². The minimum absolute atomic E-state index is 0.000295. The molecule has 0 aliphatic carbocycles. The van der Waals surface area contributed by atoms with Crippen LogP contribution < -0.4 is 4.74 Å². The van der Waals surface area contributed by atoms with Gasteiger partial charge in [0.25, 0.3) is 0 Å². The topological polar surface area (TPSA) is 29.5 Å². The van der Waals surface area contributed by atoms with Gasteiger partial charge >= 0.3 is 6.61 Å². The van der Waals surface area contributed by atoms with Crippen molar-refractivity contribution < 1.29 is 36.2 Å². The molecule has 3 aromatic carbocycles. The average Bonchev–Trinajstić information content (AvgIpc) is 2.75. The van der Waals surface area contributed by atoms with Crippen molar-refractivity contribution in [1.82, 2.24) is 0 Å². The SMILES string of the molecule is CCCCc1ccc(-c2c(O)cc(F)c(CCc3cc(F)c(OC(F)F)c(F)c3)c2F)cc1. The van der Waals surface area contributed by atoms with Gasteiger partial charge in [-0.15, -0.1) is 0 Å². The summed E-state index contributed by atoms with van der Waals surface area (Å²) in [6, 6.07) is 9.22. The molecule has 0 amide bonds. The van der Waals surface area contributed by atoms with Crippen LogP contribution in [0.3, 0.4) is 0 Å². The van der Waals surface area contributed by atoms with Crippen molar-refractivity contribution in [2.75, 3.05) is 0 Å². The predicted octanol–water partition coefficient (Wildman–Crippen LogP) is 7.34. The van der Waals surface area contributed by atoms with E-state index in [1.165, 1.54) is 0 Å². The maximum absolute atomic E-state index is 15.2. The van der Waals surface area contributed by atoms with E-state index in [0.29, 0.717) is 5.56 Å². The molecule has 0 heterocycles. The minimum atomic E-state index is -3.40. The molecule has 1 N–H and O–H groups in total. The zero-order valence-corrected chi connectivity index (χ0v) is 17.8. The number of aryl methyl sites for hydroxylation is 2. The first-order valence-corrected chi connectivity index (χ1v) is 10.4. The molecule has 0 radical (unpaired) electrons. The van der Waals surface area contributed by atoms with Gasteiger partial charge < -0.3 is 9.84 Å². The Morgan fingerprint density at radius 1 is 0.818 bits per heavy atom. The van der Waals surface area contributed by atoms with Crippen molar-refractivity contribution in [2.45, 2.75) is 45.6 Å². The summed E-state index contributed by atoms with van der Waals surface area (Å²) in [6.45, 7) is -1.34. The van der Waals surface area contributed by atoms with E-state index in [9.17, 15) is 27.1 Å². The van der Waals surface area contributed by atoms with E-state index in [4.69, 9.17) is 0 Å². The van der Waals surface area contributed by atoms with E-state index in [2.05, 4.69) is 11.7 Å². The summed E-state index contributed by atoms with van der Waals surface area (Å²) in [5.41, 5.74) is 0.863. The van der Waals surface area contributed by atoms with Gasteiger partial charge in [-0.2, -0.15) is 8.78 Å². The van der Waals surface area contributed by atoms with E-state index in [1.54, 1.807) is 12.1 Å². The summed E-state index contributed by atoms with van der Waals surface area (Å²) < 4.78 is 85.8. The Bertz CT molecular complexity index is 1090. The van der Waals surface area contributed by atoms with Crippen LogP contribution in [0.1, 0.15) is 36.5 Å². The molecule has 3 rings (SSSR count). The maximum atomic E-state index is 15.2. The van der Waals surface area contributed by atoms with Crippen molar-refractivity contribution in [2.24, 2.45) is 0 Å². The van der Waals surface area contributed by atoms with Crippen LogP contribution in [0.25, 0.3) is 11.1 Å². The lowest BCUT2D eigenvalue weighted by molar-refractivity contribution is -0.0546. The molecule has 0 aromatic heterocycles. The second kappa shape index (κ2) is 10.6. The van der Waals surface area contributed by atoms with Crippen molar-refractivity contribution in [3.8, 4) is 22.6 Å². The zero-order chi connectivity index (χ0) is 24.1. The van der Waals surface area contributed by atoms with Gasteiger partial charge in [0.2, 0.25) is 0 Å². The van der Waals surface area contributed by atoms with Crippen molar-refractivity contribution >= 4 is 0 Å². The highest BCUT2D eigenvalue weighted by molar-refractivity contribution is 5.72. The Morgan fingerprint density at radius 2 is 1.45 bits per heavy atom. The van der Waals surface area contributed by atoms with E-state index < -0.39 is 41.4 Å². The number of hydrogen-bond donors (Lipinski definition) is 1. The van der Waals surface area contributed by atoms with Gasteiger partial charge in [0.1, 0.15) is 17.4 Å². The number of phenols is 1. The Hall–Kier alpha value is -3.16. The number of hydrogen-bond acceptors (Lipinski definition) is 2. The zero-order valence-electron chi connectivity index (χ0n) is 17.8. The van der Waals surface area contributed by atoms with E-state index >= 15 is 4.39 Å². The summed E-state index contributed by atoms with van der Waals surface area (Å²) in [4.78, 5) is 0.